The molecule has 1 rings (SSSR count). The number of ether oxygens (including phenoxy) is 4. The van der Waals surface area contributed by atoms with E-state index in [-0.39, 0.29) is 5.95 Å². The Morgan fingerprint density at radius 2 is 1.59 bits per heavy atom. The second kappa shape index (κ2) is 12.8. The van der Waals surface area contributed by atoms with Crippen molar-refractivity contribution in [2.24, 2.45) is 5.10 Å². The van der Waals surface area contributed by atoms with Gasteiger partial charge in [0, 0.05) is 46.4 Å². The van der Waals surface area contributed by atoms with Gasteiger partial charge in [0.25, 0.3) is 5.56 Å². The van der Waals surface area contributed by atoms with Crippen LogP contribution in [-0.2, 0) is 38.1 Å². The minimum absolute atomic E-state index is 0.226. The zero-order chi connectivity index (χ0) is 26.0. The Hall–Kier alpha value is -4.10. The molecule has 1 N–H and O–H groups in total. The summed E-state index contributed by atoms with van der Waals surface area (Å²) in [6, 6.07) is 1.15. The average Bonchev–Trinajstić information content (AvgIpc) is 2.67. The summed E-state index contributed by atoms with van der Waals surface area (Å²) in [6.07, 6.45) is -3.32. The van der Waals surface area contributed by atoms with E-state index in [1.165, 1.54) is 6.92 Å². The van der Waals surface area contributed by atoms with Crippen LogP contribution in [0.4, 0.5) is 5.95 Å². The monoisotopic (exact) mass is 482 g/mol. The van der Waals surface area contributed by atoms with Crippen LogP contribution >= 0.6 is 0 Å². The van der Waals surface area contributed by atoms with Crippen molar-refractivity contribution in [3.05, 3.63) is 22.1 Å². The molecule has 0 amide bonds. The molecule has 0 aromatic carbocycles. The molecular formula is C20H26N4O10. The Kier molecular flexibility index (Phi) is 10.5. The van der Waals surface area contributed by atoms with Gasteiger partial charge in [-0.2, -0.15) is 5.10 Å². The number of anilines is 1. The fraction of sp³-hybridized carbons (Fsp3) is 0.500. The van der Waals surface area contributed by atoms with Crippen LogP contribution < -0.4 is 11.0 Å². The number of aromatic nitrogens is 2. The van der Waals surface area contributed by atoms with Gasteiger partial charge in [0.05, 0.1) is 6.21 Å². The van der Waals surface area contributed by atoms with E-state index in [0.29, 0.717) is 5.69 Å². The van der Waals surface area contributed by atoms with E-state index in [4.69, 9.17) is 18.9 Å². The van der Waals surface area contributed by atoms with E-state index in [0.717, 1.165) is 51.5 Å². The molecule has 0 aliphatic rings. The number of aryl methyl sites for hydroxylation is 1. The predicted molar refractivity (Wildman–Crippen MR) is 115 cm³/mol. The van der Waals surface area contributed by atoms with Crippen LogP contribution in [0.2, 0.25) is 0 Å². The summed E-state index contributed by atoms with van der Waals surface area (Å²) >= 11 is 0. The van der Waals surface area contributed by atoms with Gasteiger partial charge >= 0.3 is 23.9 Å². The minimum atomic E-state index is -1.48. The molecule has 0 radical (unpaired) electrons. The van der Waals surface area contributed by atoms with Crippen LogP contribution in [0, 0.1) is 6.92 Å². The normalized spacial score (nSPS) is 13.4. The largest absolute Gasteiger partial charge is 0.462 e. The topological polar surface area (TPSA) is 182 Å². The standard InChI is InChI=1S/C20H26N4O10/c1-10-7-18(30)24(11(2)25)20(22-10)23-21-8-16(32-13(4)27)19(34-15(6)29)17(33-14(5)28)9-31-12(3)26/h7-8,16-17,19H,9H2,1-6H3,(H,22,23)/b21-8+/t16-,17-,19+/m1/s1. The number of hydrogen-bond donors (Lipinski definition) is 1. The Labute approximate surface area is 194 Å². The summed E-state index contributed by atoms with van der Waals surface area (Å²) in [5.41, 5.74) is 2.04. The van der Waals surface area contributed by atoms with Gasteiger partial charge in [0.1, 0.15) is 6.61 Å². The Bertz CT molecular complexity index is 1030. The third-order valence-electron chi connectivity index (χ3n) is 3.81. The molecule has 0 spiro atoms. The molecule has 0 fully saturated rings. The number of rotatable bonds is 10. The van der Waals surface area contributed by atoms with Gasteiger partial charge in [-0.25, -0.2) is 15.0 Å². The maximum absolute atomic E-state index is 12.1. The van der Waals surface area contributed by atoms with Gasteiger partial charge in [-0.3, -0.25) is 28.8 Å². The summed E-state index contributed by atoms with van der Waals surface area (Å²) in [5.74, 6) is -3.99. The first-order valence-corrected chi connectivity index (χ1v) is 9.87. The summed E-state index contributed by atoms with van der Waals surface area (Å²) in [5, 5.41) is 3.84. The van der Waals surface area contributed by atoms with E-state index in [1.807, 2.05) is 0 Å². The zero-order valence-corrected chi connectivity index (χ0v) is 19.5. The van der Waals surface area contributed by atoms with E-state index >= 15 is 0 Å². The third kappa shape index (κ3) is 9.18. The predicted octanol–water partition coefficient (Wildman–Crippen LogP) is -0.0323. The lowest BCUT2D eigenvalue weighted by Crippen LogP contribution is -2.48. The Balaban J connectivity index is 3.36. The lowest BCUT2D eigenvalue weighted by Gasteiger charge is -2.29. The number of carbonyl (C=O) groups excluding carboxylic acids is 5. The van der Waals surface area contributed by atoms with Crippen LogP contribution in [0.3, 0.4) is 0 Å². The first kappa shape index (κ1) is 27.9. The third-order valence-corrected chi connectivity index (χ3v) is 3.81. The minimum Gasteiger partial charge on any atom is -0.462 e. The Morgan fingerprint density at radius 1 is 1.00 bits per heavy atom. The number of esters is 4. The molecule has 0 aliphatic heterocycles. The van der Waals surface area contributed by atoms with Gasteiger partial charge in [0.2, 0.25) is 11.9 Å². The average molecular weight is 482 g/mol. The van der Waals surface area contributed by atoms with Crippen LogP contribution in [-0.4, -0.2) is 70.5 Å². The van der Waals surface area contributed by atoms with Gasteiger partial charge in [-0.1, -0.05) is 0 Å². The van der Waals surface area contributed by atoms with Crippen LogP contribution in [0.25, 0.3) is 0 Å². The fourth-order valence-corrected chi connectivity index (χ4v) is 2.67. The maximum Gasteiger partial charge on any atom is 0.303 e. The highest BCUT2D eigenvalue weighted by Gasteiger charge is 2.37. The smallest absolute Gasteiger partial charge is 0.303 e. The lowest BCUT2D eigenvalue weighted by molar-refractivity contribution is -0.183. The number of hydrogen-bond acceptors (Lipinski definition) is 13. The summed E-state index contributed by atoms with van der Waals surface area (Å²) in [4.78, 5) is 74.1. The highest BCUT2D eigenvalue weighted by molar-refractivity contribution is 5.79. The molecular weight excluding hydrogens is 456 g/mol. The molecule has 186 valence electrons. The molecule has 0 bridgehead atoms. The highest BCUT2D eigenvalue weighted by Crippen LogP contribution is 2.14. The first-order valence-electron chi connectivity index (χ1n) is 9.87. The van der Waals surface area contributed by atoms with E-state index < -0.39 is 60.3 Å². The van der Waals surface area contributed by atoms with Gasteiger partial charge in [-0.05, 0) is 6.92 Å². The van der Waals surface area contributed by atoms with E-state index in [1.54, 1.807) is 0 Å². The van der Waals surface area contributed by atoms with E-state index in [2.05, 4.69) is 15.5 Å². The SMILES string of the molecule is CC(=O)OC[C@@H](OC(C)=O)[C@@H](OC(C)=O)[C@@H](/C=N/Nc1nc(C)cc(=O)n1C(C)=O)OC(C)=O. The highest BCUT2D eigenvalue weighted by atomic mass is 16.6. The van der Waals surface area contributed by atoms with Crippen molar-refractivity contribution in [1.29, 1.82) is 0 Å². The van der Waals surface area contributed by atoms with Crippen molar-refractivity contribution in [3.63, 3.8) is 0 Å². The maximum atomic E-state index is 12.1. The second-order valence-corrected chi connectivity index (χ2v) is 6.90. The van der Waals surface area contributed by atoms with Crippen molar-refractivity contribution >= 4 is 41.9 Å². The molecule has 0 aliphatic carbocycles. The van der Waals surface area contributed by atoms with Crippen molar-refractivity contribution in [1.82, 2.24) is 9.55 Å². The first-order chi connectivity index (χ1) is 15.8. The molecule has 1 heterocycles. The molecule has 1 aromatic heterocycles. The molecule has 3 atom stereocenters. The molecule has 14 heteroatoms. The number of hydrazone groups is 1. The van der Waals surface area contributed by atoms with Gasteiger partial charge in [0.15, 0.2) is 18.3 Å². The summed E-state index contributed by atoms with van der Waals surface area (Å²) in [7, 11) is 0. The van der Waals surface area contributed by atoms with Crippen LogP contribution in [0.15, 0.2) is 16.0 Å². The Morgan fingerprint density at radius 3 is 2.09 bits per heavy atom. The molecule has 34 heavy (non-hydrogen) atoms. The quantitative estimate of drug-likeness (QED) is 0.204. The molecule has 0 unspecified atom stereocenters. The van der Waals surface area contributed by atoms with Crippen LogP contribution in [0.1, 0.15) is 45.1 Å². The van der Waals surface area contributed by atoms with Crippen molar-refractivity contribution in [2.75, 3.05) is 12.0 Å². The molecule has 1 aromatic rings. The number of carbonyl (C=O) groups is 5. The van der Waals surface area contributed by atoms with Crippen LogP contribution in [0.5, 0.6) is 0 Å². The van der Waals surface area contributed by atoms with Crippen molar-refractivity contribution < 1.29 is 42.9 Å². The lowest BCUT2D eigenvalue weighted by atomic mass is 10.1. The number of nitrogens with one attached hydrogen (secondary N) is 1. The summed E-state index contributed by atoms with van der Waals surface area (Å²) in [6.45, 7) is 6.47. The van der Waals surface area contributed by atoms with Gasteiger partial charge < -0.3 is 18.9 Å². The fourth-order valence-electron chi connectivity index (χ4n) is 2.67. The summed E-state index contributed by atoms with van der Waals surface area (Å²) < 4.78 is 21.0. The molecule has 14 nitrogen and oxygen atoms in total. The second-order valence-electron chi connectivity index (χ2n) is 6.90. The van der Waals surface area contributed by atoms with Gasteiger partial charge in [-0.15, -0.1) is 0 Å². The number of nitrogens with zero attached hydrogens (tertiary/aromatic N) is 3. The molecule has 0 saturated heterocycles. The van der Waals surface area contributed by atoms with Crippen molar-refractivity contribution in [2.45, 2.75) is 59.9 Å². The zero-order valence-electron chi connectivity index (χ0n) is 19.5. The molecule has 0 saturated carbocycles. The van der Waals surface area contributed by atoms with Crippen molar-refractivity contribution in [3.8, 4) is 0 Å². The van der Waals surface area contributed by atoms with E-state index in [9.17, 15) is 28.8 Å².